The second kappa shape index (κ2) is 5.39. The van der Waals surface area contributed by atoms with Crippen molar-refractivity contribution in [3.8, 4) is 0 Å². The van der Waals surface area contributed by atoms with Crippen LogP contribution in [0.1, 0.15) is 15.2 Å². The maximum atomic E-state index is 12.4. The number of nitrogen functional groups attached to an aromatic ring is 1. The lowest BCUT2D eigenvalue weighted by Crippen LogP contribution is -2.11. The average Bonchev–Trinajstić information content (AvgIpc) is 2.86. The van der Waals surface area contributed by atoms with E-state index in [1.165, 1.54) is 11.3 Å². The third-order valence-electron chi connectivity index (χ3n) is 3.22. The Hall–Kier alpha value is -2.04. The van der Waals surface area contributed by atoms with E-state index in [0.717, 1.165) is 15.6 Å². The summed E-state index contributed by atoms with van der Waals surface area (Å²) in [4.78, 5) is 13.0. The molecular formula is C16H13ClN2OS. The van der Waals surface area contributed by atoms with Gasteiger partial charge in [-0.2, -0.15) is 0 Å². The van der Waals surface area contributed by atoms with Crippen molar-refractivity contribution in [2.75, 3.05) is 11.1 Å². The Kier molecular flexibility index (Phi) is 3.57. The lowest BCUT2D eigenvalue weighted by atomic mass is 10.2. The summed E-state index contributed by atoms with van der Waals surface area (Å²) in [7, 11) is 0. The Bertz CT molecular complexity index is 821. The number of aryl methyl sites for hydroxylation is 1. The Morgan fingerprint density at radius 1 is 1.24 bits per heavy atom. The van der Waals surface area contributed by atoms with Gasteiger partial charge >= 0.3 is 0 Å². The van der Waals surface area contributed by atoms with E-state index in [4.69, 9.17) is 17.3 Å². The standard InChI is InChI=1S/C16H13ClN2OS/c1-9-3-2-4-12(17)15(9)19-16(20)14-8-10-7-11(18)5-6-13(10)21-14/h2-8H,18H2,1H3,(H,19,20). The van der Waals surface area contributed by atoms with Gasteiger partial charge in [0.1, 0.15) is 0 Å². The van der Waals surface area contributed by atoms with Crippen molar-refractivity contribution in [2.24, 2.45) is 0 Å². The molecule has 21 heavy (non-hydrogen) atoms. The molecule has 3 nitrogen and oxygen atoms in total. The highest BCUT2D eigenvalue weighted by Gasteiger charge is 2.13. The quantitative estimate of drug-likeness (QED) is 0.673. The molecule has 0 fully saturated rings. The minimum Gasteiger partial charge on any atom is -0.399 e. The summed E-state index contributed by atoms with van der Waals surface area (Å²) in [6, 6.07) is 13.0. The molecule has 1 heterocycles. The van der Waals surface area contributed by atoms with Gasteiger partial charge in [0.05, 0.1) is 15.6 Å². The predicted molar refractivity (Wildman–Crippen MR) is 90.4 cm³/mol. The molecule has 0 saturated carbocycles. The zero-order valence-corrected chi connectivity index (χ0v) is 12.9. The summed E-state index contributed by atoms with van der Waals surface area (Å²) in [6.45, 7) is 1.91. The van der Waals surface area contributed by atoms with Crippen molar-refractivity contribution in [2.45, 2.75) is 6.92 Å². The number of para-hydroxylation sites is 1. The largest absolute Gasteiger partial charge is 0.399 e. The molecule has 0 bridgehead atoms. The zero-order valence-electron chi connectivity index (χ0n) is 11.3. The molecule has 2 aromatic carbocycles. The van der Waals surface area contributed by atoms with Gasteiger partial charge in [-0.25, -0.2) is 0 Å². The zero-order chi connectivity index (χ0) is 15.0. The molecule has 0 aliphatic rings. The first-order valence-corrected chi connectivity index (χ1v) is 7.59. The third-order valence-corrected chi connectivity index (χ3v) is 4.65. The number of thiophene rings is 1. The van der Waals surface area contributed by atoms with Crippen molar-refractivity contribution >= 4 is 50.3 Å². The van der Waals surface area contributed by atoms with Crippen LogP contribution in [0.25, 0.3) is 10.1 Å². The number of hydrogen-bond donors (Lipinski definition) is 2. The molecule has 5 heteroatoms. The number of carbonyl (C=O) groups is 1. The highest BCUT2D eigenvalue weighted by Crippen LogP contribution is 2.30. The minimum absolute atomic E-state index is 0.161. The monoisotopic (exact) mass is 316 g/mol. The number of amides is 1. The first-order chi connectivity index (χ1) is 10.0. The van der Waals surface area contributed by atoms with Crippen LogP contribution in [0.3, 0.4) is 0 Å². The predicted octanol–water partition coefficient (Wildman–Crippen LogP) is 4.70. The molecule has 3 aromatic rings. The second-order valence-electron chi connectivity index (χ2n) is 4.79. The maximum Gasteiger partial charge on any atom is 0.265 e. The van der Waals surface area contributed by atoms with Crippen LogP contribution in [-0.4, -0.2) is 5.91 Å². The fourth-order valence-corrected chi connectivity index (χ4v) is 3.35. The summed E-state index contributed by atoms with van der Waals surface area (Å²) in [5.74, 6) is -0.161. The number of nitrogens with one attached hydrogen (secondary N) is 1. The number of benzene rings is 2. The van der Waals surface area contributed by atoms with Gasteiger partial charge < -0.3 is 11.1 Å². The summed E-state index contributed by atoms with van der Waals surface area (Å²) in [6.07, 6.45) is 0. The van der Waals surface area contributed by atoms with Gasteiger partial charge in [-0.3, -0.25) is 4.79 Å². The van der Waals surface area contributed by atoms with E-state index < -0.39 is 0 Å². The average molecular weight is 317 g/mol. The van der Waals surface area contributed by atoms with E-state index >= 15 is 0 Å². The van der Waals surface area contributed by atoms with Gasteiger partial charge in [-0.1, -0.05) is 23.7 Å². The van der Waals surface area contributed by atoms with Crippen molar-refractivity contribution < 1.29 is 4.79 Å². The molecule has 0 aliphatic heterocycles. The van der Waals surface area contributed by atoms with Crippen molar-refractivity contribution in [1.82, 2.24) is 0 Å². The minimum atomic E-state index is -0.161. The van der Waals surface area contributed by atoms with Crippen LogP contribution >= 0.6 is 22.9 Å². The SMILES string of the molecule is Cc1cccc(Cl)c1NC(=O)c1cc2cc(N)ccc2s1. The molecular weight excluding hydrogens is 304 g/mol. The van der Waals surface area contributed by atoms with Crippen molar-refractivity contribution in [3.05, 3.63) is 57.9 Å². The van der Waals surface area contributed by atoms with E-state index in [2.05, 4.69) is 5.32 Å². The maximum absolute atomic E-state index is 12.4. The molecule has 3 rings (SSSR count). The highest BCUT2D eigenvalue weighted by molar-refractivity contribution is 7.20. The van der Waals surface area contributed by atoms with Gasteiger partial charge in [0, 0.05) is 10.4 Å². The molecule has 0 unspecified atom stereocenters. The molecule has 0 spiro atoms. The molecule has 0 saturated heterocycles. The number of rotatable bonds is 2. The van der Waals surface area contributed by atoms with Gasteiger partial charge in [0.25, 0.3) is 5.91 Å². The van der Waals surface area contributed by atoms with Crippen LogP contribution in [0.15, 0.2) is 42.5 Å². The molecule has 1 aromatic heterocycles. The van der Waals surface area contributed by atoms with Gasteiger partial charge in [-0.15, -0.1) is 11.3 Å². The number of nitrogens with two attached hydrogens (primary N) is 1. The first kappa shape index (κ1) is 13.9. The van der Waals surface area contributed by atoms with Gasteiger partial charge in [-0.05, 0) is 48.2 Å². The fraction of sp³-hybridized carbons (Fsp3) is 0.0625. The lowest BCUT2D eigenvalue weighted by molar-refractivity contribution is 0.103. The van der Waals surface area contributed by atoms with Crippen LogP contribution in [0.2, 0.25) is 5.02 Å². The third kappa shape index (κ3) is 2.73. The number of anilines is 2. The summed E-state index contributed by atoms with van der Waals surface area (Å²) in [5.41, 5.74) is 8.03. The normalized spacial score (nSPS) is 10.8. The van der Waals surface area contributed by atoms with Crippen LogP contribution in [0.5, 0.6) is 0 Å². The smallest absolute Gasteiger partial charge is 0.265 e. The van der Waals surface area contributed by atoms with E-state index in [1.54, 1.807) is 6.07 Å². The van der Waals surface area contributed by atoms with Gasteiger partial charge in [0.15, 0.2) is 0 Å². The van der Waals surface area contributed by atoms with Crippen LogP contribution in [0, 0.1) is 6.92 Å². The Labute approximate surface area is 131 Å². The number of fused-ring (bicyclic) bond motifs is 1. The lowest BCUT2D eigenvalue weighted by Gasteiger charge is -2.08. The Morgan fingerprint density at radius 3 is 2.81 bits per heavy atom. The fourth-order valence-electron chi connectivity index (χ4n) is 2.14. The molecule has 3 N–H and O–H groups in total. The second-order valence-corrected chi connectivity index (χ2v) is 6.28. The molecule has 1 amide bonds. The van der Waals surface area contributed by atoms with E-state index in [-0.39, 0.29) is 5.91 Å². The number of halogens is 1. The number of hydrogen-bond acceptors (Lipinski definition) is 3. The van der Waals surface area contributed by atoms with E-state index in [0.29, 0.717) is 21.3 Å². The molecule has 106 valence electrons. The summed E-state index contributed by atoms with van der Waals surface area (Å²) >= 11 is 7.57. The van der Waals surface area contributed by atoms with Gasteiger partial charge in [0.2, 0.25) is 0 Å². The van der Waals surface area contributed by atoms with Crippen LogP contribution in [0.4, 0.5) is 11.4 Å². The summed E-state index contributed by atoms with van der Waals surface area (Å²) in [5, 5.41) is 4.39. The van der Waals surface area contributed by atoms with E-state index in [9.17, 15) is 4.79 Å². The first-order valence-electron chi connectivity index (χ1n) is 6.40. The highest BCUT2D eigenvalue weighted by atomic mass is 35.5. The Balaban J connectivity index is 1.94. The van der Waals surface area contributed by atoms with Crippen molar-refractivity contribution in [1.29, 1.82) is 0 Å². The van der Waals surface area contributed by atoms with Crippen LogP contribution in [-0.2, 0) is 0 Å². The van der Waals surface area contributed by atoms with E-state index in [1.807, 2.05) is 43.3 Å². The number of carbonyl (C=O) groups excluding carboxylic acids is 1. The van der Waals surface area contributed by atoms with Crippen LogP contribution < -0.4 is 11.1 Å². The topological polar surface area (TPSA) is 55.1 Å². The molecule has 0 atom stereocenters. The molecule has 0 aliphatic carbocycles. The summed E-state index contributed by atoms with van der Waals surface area (Å²) < 4.78 is 1.03. The molecule has 0 radical (unpaired) electrons. The van der Waals surface area contributed by atoms with Crippen molar-refractivity contribution in [3.63, 3.8) is 0 Å². The Morgan fingerprint density at radius 2 is 2.05 bits per heavy atom.